The minimum Gasteiger partial charge on any atom is -0.450 e. The van der Waals surface area contributed by atoms with Gasteiger partial charge < -0.3 is 19.9 Å². The van der Waals surface area contributed by atoms with Gasteiger partial charge in [0.05, 0.1) is 35.4 Å². The zero-order valence-corrected chi connectivity index (χ0v) is 22.1. The van der Waals surface area contributed by atoms with E-state index < -0.39 is 16.9 Å². The molecule has 202 valence electrons. The van der Waals surface area contributed by atoms with Crippen molar-refractivity contribution in [1.82, 2.24) is 29.4 Å². The molecule has 1 saturated heterocycles. The van der Waals surface area contributed by atoms with Crippen LogP contribution in [0.4, 0.5) is 16.2 Å². The molecule has 3 rings (SSSR count). The molecule has 3 heterocycles. The van der Waals surface area contributed by atoms with Crippen molar-refractivity contribution in [3.8, 4) is 0 Å². The number of anilines is 1. The molecule has 0 spiro atoms. The van der Waals surface area contributed by atoms with Gasteiger partial charge in [-0.3, -0.25) is 29.1 Å². The van der Waals surface area contributed by atoms with E-state index in [9.17, 15) is 24.5 Å². The topological polar surface area (TPSA) is 158 Å². The van der Waals surface area contributed by atoms with Crippen molar-refractivity contribution in [2.24, 2.45) is 5.92 Å². The number of amides is 3. The molecule has 0 bridgehead atoms. The molecule has 1 aliphatic heterocycles. The second-order valence-electron chi connectivity index (χ2n) is 9.14. The number of nitrogens with zero attached hydrogens (tertiary/aromatic N) is 7. The molecule has 0 saturated carbocycles. The van der Waals surface area contributed by atoms with Crippen LogP contribution in [0.2, 0.25) is 0 Å². The summed E-state index contributed by atoms with van der Waals surface area (Å²) < 4.78 is 8.00. The lowest BCUT2D eigenvalue weighted by Crippen LogP contribution is -2.52. The fourth-order valence-electron chi connectivity index (χ4n) is 4.23. The lowest BCUT2D eigenvalue weighted by atomic mass is 10.1. The third-order valence-electron chi connectivity index (χ3n) is 6.47. The molecular weight excluding hydrogens is 484 g/mol. The average molecular weight is 519 g/mol. The predicted octanol–water partition coefficient (Wildman–Crippen LogP) is 2.05. The van der Waals surface area contributed by atoms with E-state index >= 15 is 0 Å². The van der Waals surface area contributed by atoms with Crippen LogP contribution in [0.1, 0.15) is 43.9 Å². The molecule has 14 heteroatoms. The monoisotopic (exact) mass is 518 g/mol. The third kappa shape index (κ3) is 6.06. The number of carbonyl (C=O) groups is 3. The maximum Gasteiger partial charge on any atom is 0.409 e. The third-order valence-corrected chi connectivity index (χ3v) is 6.47. The zero-order chi connectivity index (χ0) is 27.4. The second-order valence-corrected chi connectivity index (χ2v) is 9.14. The zero-order valence-electron chi connectivity index (χ0n) is 22.1. The van der Waals surface area contributed by atoms with E-state index in [4.69, 9.17) is 4.74 Å². The largest absolute Gasteiger partial charge is 0.450 e. The first-order valence-corrected chi connectivity index (χ1v) is 12.2. The second kappa shape index (κ2) is 11.4. The van der Waals surface area contributed by atoms with Crippen molar-refractivity contribution in [2.45, 2.75) is 54.1 Å². The Morgan fingerprint density at radius 1 is 1.08 bits per heavy atom. The van der Waals surface area contributed by atoms with Crippen molar-refractivity contribution in [1.29, 1.82) is 0 Å². The lowest BCUT2D eigenvalue weighted by Gasteiger charge is -2.35. The Kier molecular flexibility index (Phi) is 8.50. The summed E-state index contributed by atoms with van der Waals surface area (Å²) in [6.07, 6.45) is 1.24. The Morgan fingerprint density at radius 2 is 1.70 bits per heavy atom. The molecule has 2 aromatic heterocycles. The first-order chi connectivity index (χ1) is 17.4. The van der Waals surface area contributed by atoms with Crippen LogP contribution in [0.5, 0.6) is 0 Å². The van der Waals surface area contributed by atoms with Gasteiger partial charge in [0.15, 0.2) is 0 Å². The van der Waals surface area contributed by atoms with E-state index in [0.717, 1.165) is 0 Å². The SMILES string of the molecule is CCOC(=O)N1CCN(C(=O)C(C)n2cc(NC(=O)C(C)Cn3nc(C)c([N+](=O)[O-])c3C)c(C)n2)CC1. The number of rotatable bonds is 8. The summed E-state index contributed by atoms with van der Waals surface area (Å²) >= 11 is 0. The number of aryl methyl sites for hydroxylation is 2. The molecule has 1 aliphatic rings. The highest BCUT2D eigenvalue weighted by Gasteiger charge is 2.29. The van der Waals surface area contributed by atoms with Crippen molar-refractivity contribution >= 4 is 29.3 Å². The van der Waals surface area contributed by atoms with Gasteiger partial charge in [-0.15, -0.1) is 0 Å². The Balaban J connectivity index is 1.60. The van der Waals surface area contributed by atoms with Gasteiger partial charge in [0.2, 0.25) is 11.8 Å². The van der Waals surface area contributed by atoms with Crippen LogP contribution >= 0.6 is 0 Å². The lowest BCUT2D eigenvalue weighted by molar-refractivity contribution is -0.386. The normalized spacial score (nSPS) is 15.3. The van der Waals surface area contributed by atoms with Crippen molar-refractivity contribution in [3.63, 3.8) is 0 Å². The van der Waals surface area contributed by atoms with Crippen molar-refractivity contribution in [3.05, 3.63) is 33.4 Å². The van der Waals surface area contributed by atoms with Gasteiger partial charge in [-0.25, -0.2) is 4.79 Å². The number of nitro groups is 1. The van der Waals surface area contributed by atoms with Crippen molar-refractivity contribution in [2.75, 3.05) is 38.1 Å². The molecule has 2 unspecified atom stereocenters. The van der Waals surface area contributed by atoms with E-state index in [2.05, 4.69) is 15.5 Å². The highest BCUT2D eigenvalue weighted by Crippen LogP contribution is 2.23. The first-order valence-electron chi connectivity index (χ1n) is 12.2. The van der Waals surface area contributed by atoms with Gasteiger partial charge in [-0.1, -0.05) is 6.92 Å². The minimum absolute atomic E-state index is 0.0503. The van der Waals surface area contributed by atoms with E-state index in [-0.39, 0.29) is 30.1 Å². The number of aromatic nitrogens is 4. The summed E-state index contributed by atoms with van der Waals surface area (Å²) in [5.74, 6) is -0.967. The van der Waals surface area contributed by atoms with E-state index in [1.54, 1.807) is 57.5 Å². The summed E-state index contributed by atoms with van der Waals surface area (Å²) in [6, 6.07) is -0.605. The smallest absolute Gasteiger partial charge is 0.409 e. The summed E-state index contributed by atoms with van der Waals surface area (Å²) in [7, 11) is 0. The fraction of sp³-hybridized carbons (Fsp3) is 0.609. The van der Waals surface area contributed by atoms with Crippen LogP contribution in [0.25, 0.3) is 0 Å². The van der Waals surface area contributed by atoms with Crippen LogP contribution < -0.4 is 5.32 Å². The Morgan fingerprint density at radius 3 is 2.27 bits per heavy atom. The highest BCUT2D eigenvalue weighted by molar-refractivity contribution is 5.92. The molecular formula is C23H34N8O6. The maximum atomic E-state index is 13.0. The molecule has 1 fully saturated rings. The molecule has 37 heavy (non-hydrogen) atoms. The average Bonchev–Trinajstić information content (AvgIpc) is 3.35. The van der Waals surface area contributed by atoms with Crippen LogP contribution in [0.3, 0.4) is 0 Å². The van der Waals surface area contributed by atoms with Crippen LogP contribution in [0.15, 0.2) is 6.20 Å². The summed E-state index contributed by atoms with van der Waals surface area (Å²) in [6.45, 7) is 12.1. The van der Waals surface area contributed by atoms with Gasteiger partial charge in [0.25, 0.3) is 0 Å². The summed E-state index contributed by atoms with van der Waals surface area (Å²) in [5.41, 5.74) is 1.66. The first kappa shape index (κ1) is 27.6. The molecule has 1 N–H and O–H groups in total. The predicted molar refractivity (Wildman–Crippen MR) is 133 cm³/mol. The van der Waals surface area contributed by atoms with Crippen LogP contribution in [0, 0.1) is 36.8 Å². The minimum atomic E-state index is -0.605. The van der Waals surface area contributed by atoms with Gasteiger partial charge in [-0.05, 0) is 34.6 Å². The molecule has 0 radical (unpaired) electrons. The van der Waals surface area contributed by atoms with E-state index in [1.807, 2.05) is 0 Å². The molecule has 2 aromatic rings. The van der Waals surface area contributed by atoms with Gasteiger partial charge in [0, 0.05) is 32.4 Å². The number of nitrogens with one attached hydrogen (secondary N) is 1. The fourth-order valence-corrected chi connectivity index (χ4v) is 4.23. The Bertz CT molecular complexity index is 1180. The molecule has 14 nitrogen and oxygen atoms in total. The Hall–Kier alpha value is -3.97. The highest BCUT2D eigenvalue weighted by atomic mass is 16.6. The van der Waals surface area contributed by atoms with Gasteiger partial charge in [0.1, 0.15) is 17.4 Å². The molecule has 0 aromatic carbocycles. The number of hydrogen-bond donors (Lipinski definition) is 1. The van der Waals surface area contributed by atoms with Crippen LogP contribution in [-0.4, -0.2) is 85.0 Å². The molecule has 2 atom stereocenters. The number of ether oxygens (including phenoxy) is 1. The summed E-state index contributed by atoms with van der Waals surface area (Å²) in [5, 5.41) is 22.7. The number of piperazine rings is 1. The van der Waals surface area contributed by atoms with Crippen molar-refractivity contribution < 1.29 is 24.0 Å². The maximum absolute atomic E-state index is 13.0. The Labute approximate surface area is 214 Å². The van der Waals surface area contributed by atoms with E-state index in [0.29, 0.717) is 55.6 Å². The summed E-state index contributed by atoms with van der Waals surface area (Å²) in [4.78, 5) is 51.8. The van der Waals surface area contributed by atoms with Gasteiger partial charge >= 0.3 is 11.8 Å². The number of carbonyl (C=O) groups excluding carboxylic acids is 3. The standard InChI is InChI=1S/C23H34N8O6/c1-7-37-23(34)28-10-8-27(9-11-28)22(33)18(6)30-13-19(15(3)25-30)24-21(32)14(2)12-29-17(5)20(31(35)36)16(4)26-29/h13-14,18H,7-12H2,1-6H3,(H,24,32). The van der Waals surface area contributed by atoms with E-state index in [1.165, 1.54) is 9.36 Å². The molecule has 0 aliphatic carbocycles. The number of hydrogen-bond acceptors (Lipinski definition) is 8. The van der Waals surface area contributed by atoms with Gasteiger partial charge in [-0.2, -0.15) is 10.2 Å². The molecule has 3 amide bonds. The quantitative estimate of drug-likeness (QED) is 0.411. The van der Waals surface area contributed by atoms with Crippen LogP contribution in [-0.2, 0) is 20.9 Å².